The fourth-order valence-corrected chi connectivity index (χ4v) is 2.81. The van der Waals surface area contributed by atoms with Crippen LogP contribution >= 0.6 is 24.0 Å². The van der Waals surface area contributed by atoms with Crippen LogP contribution in [-0.4, -0.2) is 51.4 Å². The van der Waals surface area contributed by atoms with Crippen molar-refractivity contribution in [2.24, 2.45) is 10.9 Å². The lowest BCUT2D eigenvalue weighted by Crippen LogP contribution is -2.38. The second-order valence-corrected chi connectivity index (χ2v) is 6.66. The summed E-state index contributed by atoms with van der Waals surface area (Å²) in [4.78, 5) is 15.8. The van der Waals surface area contributed by atoms with Crippen LogP contribution < -0.4 is 16.0 Å². The number of halogens is 1. The third kappa shape index (κ3) is 10.2. The highest BCUT2D eigenvalue weighted by molar-refractivity contribution is 14.0. The molecular formula is C20H33IN4O3. The Kier molecular flexibility index (Phi) is 12.8. The van der Waals surface area contributed by atoms with Crippen LogP contribution in [0.4, 0.5) is 5.69 Å². The SMILES string of the molecule is CCNC(=NCc1cccc(NC(C)=O)c1)NCCCOCC1CCOC1.I. The average Bonchev–Trinajstić information content (AvgIpc) is 3.15. The first-order valence-corrected chi connectivity index (χ1v) is 9.71. The molecule has 0 saturated carbocycles. The van der Waals surface area contributed by atoms with Crippen molar-refractivity contribution in [2.45, 2.75) is 33.2 Å². The first-order chi connectivity index (χ1) is 13.2. The highest BCUT2D eigenvalue weighted by atomic mass is 127. The molecule has 1 atom stereocenters. The van der Waals surface area contributed by atoms with Gasteiger partial charge in [0, 0.05) is 44.8 Å². The quantitative estimate of drug-likeness (QED) is 0.198. The van der Waals surface area contributed by atoms with E-state index in [2.05, 4.69) is 20.9 Å². The normalized spacial score (nSPS) is 16.4. The molecule has 1 amide bonds. The molecule has 1 aliphatic heterocycles. The van der Waals surface area contributed by atoms with E-state index < -0.39 is 0 Å². The molecular weight excluding hydrogens is 471 g/mol. The van der Waals surface area contributed by atoms with Gasteiger partial charge in [0.2, 0.25) is 5.91 Å². The molecule has 0 radical (unpaired) electrons. The molecule has 0 aliphatic carbocycles. The van der Waals surface area contributed by atoms with Crippen molar-refractivity contribution in [3.8, 4) is 0 Å². The Morgan fingerprint density at radius 3 is 2.93 bits per heavy atom. The van der Waals surface area contributed by atoms with Crippen molar-refractivity contribution in [2.75, 3.05) is 44.8 Å². The van der Waals surface area contributed by atoms with Crippen LogP contribution in [0.5, 0.6) is 0 Å². The molecule has 1 aromatic carbocycles. The summed E-state index contributed by atoms with van der Waals surface area (Å²) in [7, 11) is 0. The summed E-state index contributed by atoms with van der Waals surface area (Å²) in [6.45, 7) is 8.92. The molecule has 1 aliphatic rings. The Hall–Kier alpha value is -1.39. The van der Waals surface area contributed by atoms with E-state index in [0.29, 0.717) is 12.5 Å². The van der Waals surface area contributed by atoms with Crippen molar-refractivity contribution in [3.63, 3.8) is 0 Å². The van der Waals surface area contributed by atoms with Crippen molar-refractivity contribution < 1.29 is 14.3 Å². The molecule has 0 aromatic heterocycles. The van der Waals surface area contributed by atoms with Crippen LogP contribution in [-0.2, 0) is 20.8 Å². The van der Waals surface area contributed by atoms with Gasteiger partial charge in [0.25, 0.3) is 0 Å². The Labute approximate surface area is 185 Å². The number of hydrogen-bond donors (Lipinski definition) is 3. The van der Waals surface area contributed by atoms with Gasteiger partial charge >= 0.3 is 0 Å². The van der Waals surface area contributed by atoms with Gasteiger partial charge < -0.3 is 25.4 Å². The molecule has 8 heteroatoms. The minimum atomic E-state index is -0.0756. The molecule has 0 bridgehead atoms. The van der Waals surface area contributed by atoms with Gasteiger partial charge in [-0.25, -0.2) is 4.99 Å². The topological polar surface area (TPSA) is 84.0 Å². The van der Waals surface area contributed by atoms with Crippen molar-refractivity contribution in [1.29, 1.82) is 0 Å². The number of amides is 1. The van der Waals surface area contributed by atoms with Crippen LogP contribution in [0.1, 0.15) is 32.3 Å². The minimum Gasteiger partial charge on any atom is -0.381 e. The van der Waals surface area contributed by atoms with Gasteiger partial charge in [-0.05, 0) is 37.5 Å². The summed E-state index contributed by atoms with van der Waals surface area (Å²) in [5, 5.41) is 9.37. The predicted molar refractivity (Wildman–Crippen MR) is 123 cm³/mol. The maximum Gasteiger partial charge on any atom is 0.221 e. The highest BCUT2D eigenvalue weighted by Gasteiger charge is 2.15. The second-order valence-electron chi connectivity index (χ2n) is 6.66. The van der Waals surface area contributed by atoms with Gasteiger partial charge in [-0.3, -0.25) is 4.79 Å². The summed E-state index contributed by atoms with van der Waals surface area (Å²) in [5.41, 5.74) is 1.83. The van der Waals surface area contributed by atoms with Crippen LogP contribution in [0.3, 0.4) is 0 Å². The monoisotopic (exact) mass is 504 g/mol. The Morgan fingerprint density at radius 1 is 1.36 bits per heavy atom. The maximum absolute atomic E-state index is 11.2. The third-order valence-corrected chi connectivity index (χ3v) is 4.15. The van der Waals surface area contributed by atoms with Gasteiger partial charge in [0.15, 0.2) is 5.96 Å². The van der Waals surface area contributed by atoms with E-state index in [1.54, 1.807) is 0 Å². The number of aliphatic imine (C=N–C) groups is 1. The van der Waals surface area contributed by atoms with E-state index in [4.69, 9.17) is 9.47 Å². The lowest BCUT2D eigenvalue weighted by atomic mass is 10.1. The molecule has 2 rings (SSSR count). The first-order valence-electron chi connectivity index (χ1n) is 9.71. The van der Waals surface area contributed by atoms with Crippen LogP contribution in [0.25, 0.3) is 0 Å². The number of carbonyl (C=O) groups excluding carboxylic acids is 1. The molecule has 158 valence electrons. The lowest BCUT2D eigenvalue weighted by molar-refractivity contribution is -0.114. The first kappa shape index (κ1) is 24.6. The molecule has 1 saturated heterocycles. The minimum absolute atomic E-state index is 0. The fraction of sp³-hybridized carbons (Fsp3) is 0.600. The summed E-state index contributed by atoms with van der Waals surface area (Å²) < 4.78 is 11.1. The predicted octanol–water partition coefficient (Wildman–Crippen LogP) is 2.76. The number of benzene rings is 1. The smallest absolute Gasteiger partial charge is 0.221 e. The number of ether oxygens (including phenoxy) is 2. The van der Waals surface area contributed by atoms with E-state index in [9.17, 15) is 4.79 Å². The van der Waals surface area contributed by atoms with Gasteiger partial charge in [-0.2, -0.15) is 0 Å². The Morgan fingerprint density at radius 2 is 2.21 bits per heavy atom. The molecule has 3 N–H and O–H groups in total. The van der Waals surface area contributed by atoms with Gasteiger partial charge in [-0.1, -0.05) is 12.1 Å². The molecule has 28 heavy (non-hydrogen) atoms. The molecule has 0 spiro atoms. The van der Waals surface area contributed by atoms with Gasteiger partial charge in [0.05, 0.1) is 19.8 Å². The van der Waals surface area contributed by atoms with Crippen molar-refractivity contribution in [3.05, 3.63) is 29.8 Å². The molecule has 1 heterocycles. The van der Waals surface area contributed by atoms with E-state index in [0.717, 1.165) is 69.6 Å². The number of anilines is 1. The summed E-state index contributed by atoms with van der Waals surface area (Å²) in [5.74, 6) is 1.27. The number of nitrogens with zero attached hydrogens (tertiary/aromatic N) is 1. The zero-order valence-electron chi connectivity index (χ0n) is 16.8. The van der Waals surface area contributed by atoms with E-state index in [-0.39, 0.29) is 29.9 Å². The van der Waals surface area contributed by atoms with Crippen molar-refractivity contribution in [1.82, 2.24) is 10.6 Å². The highest BCUT2D eigenvalue weighted by Crippen LogP contribution is 2.12. The van der Waals surface area contributed by atoms with Crippen LogP contribution in [0.15, 0.2) is 29.3 Å². The van der Waals surface area contributed by atoms with Crippen molar-refractivity contribution >= 4 is 41.5 Å². The van der Waals surface area contributed by atoms with Crippen LogP contribution in [0, 0.1) is 5.92 Å². The lowest BCUT2D eigenvalue weighted by Gasteiger charge is -2.12. The summed E-state index contributed by atoms with van der Waals surface area (Å²) in [6, 6.07) is 7.73. The number of guanidine groups is 1. The van der Waals surface area contributed by atoms with Crippen LogP contribution in [0.2, 0.25) is 0 Å². The zero-order chi connectivity index (χ0) is 19.3. The fourth-order valence-electron chi connectivity index (χ4n) is 2.81. The largest absolute Gasteiger partial charge is 0.381 e. The second kappa shape index (κ2) is 14.6. The number of nitrogens with one attached hydrogen (secondary N) is 3. The maximum atomic E-state index is 11.2. The molecule has 1 aromatic rings. The third-order valence-electron chi connectivity index (χ3n) is 4.15. The number of hydrogen-bond acceptors (Lipinski definition) is 4. The Bertz CT molecular complexity index is 607. The van der Waals surface area contributed by atoms with E-state index >= 15 is 0 Å². The molecule has 1 fully saturated rings. The summed E-state index contributed by atoms with van der Waals surface area (Å²) in [6.07, 6.45) is 2.04. The molecule has 7 nitrogen and oxygen atoms in total. The van der Waals surface area contributed by atoms with E-state index in [1.165, 1.54) is 6.92 Å². The zero-order valence-corrected chi connectivity index (χ0v) is 19.2. The van der Waals surface area contributed by atoms with Gasteiger partial charge in [-0.15, -0.1) is 24.0 Å². The van der Waals surface area contributed by atoms with Gasteiger partial charge in [0.1, 0.15) is 0 Å². The number of carbonyl (C=O) groups is 1. The number of rotatable bonds is 10. The standard InChI is InChI=1S/C20H32N4O3.HI/c1-3-21-20(22-9-5-10-26-14-18-8-11-27-15-18)23-13-17-6-4-7-19(12-17)24-16(2)25;/h4,6-7,12,18H,3,5,8-11,13-15H2,1-2H3,(H,24,25)(H2,21,22,23);1H. The average molecular weight is 504 g/mol. The molecule has 1 unspecified atom stereocenters. The van der Waals surface area contributed by atoms with E-state index in [1.807, 2.05) is 31.2 Å². The Balaban J connectivity index is 0.00000392. The summed E-state index contributed by atoms with van der Waals surface area (Å²) >= 11 is 0.